The summed E-state index contributed by atoms with van der Waals surface area (Å²) in [5.74, 6) is -0.458. The topological polar surface area (TPSA) is 52.9 Å². The number of nitriles is 1. The molecule has 3 aromatic rings. The van der Waals surface area contributed by atoms with Crippen molar-refractivity contribution in [1.29, 1.82) is 5.26 Å². The molecule has 0 bridgehead atoms. The Bertz CT molecular complexity index is 1180. The zero-order valence-electron chi connectivity index (χ0n) is 16.7. The van der Waals surface area contributed by atoms with Gasteiger partial charge in [0.05, 0.1) is 0 Å². The fourth-order valence-electron chi connectivity index (χ4n) is 3.10. The zero-order chi connectivity index (χ0) is 21.7. The van der Waals surface area contributed by atoms with E-state index in [4.69, 9.17) is 23.2 Å². The number of aryl methyl sites for hydroxylation is 2. The van der Waals surface area contributed by atoms with E-state index in [0.29, 0.717) is 27.7 Å². The molecule has 3 nitrogen and oxygen atoms in total. The standard InChI is InChI=1S/C25H20Cl2N2O/c1-16-7-10-24(17(2)11-16)29-25(30)21(15-28)12-18-8-9-20(23(27)13-18)14-19-5-3-4-6-22(19)26/h3-13H,14H2,1-2H3,(H,29,30)/b21-12+. The van der Waals surface area contributed by atoms with Crippen LogP contribution in [0.15, 0.2) is 66.2 Å². The second-order valence-electron chi connectivity index (χ2n) is 7.06. The lowest BCUT2D eigenvalue weighted by Gasteiger charge is -2.09. The second kappa shape index (κ2) is 9.63. The Morgan fingerprint density at radius 2 is 1.73 bits per heavy atom. The predicted molar refractivity (Wildman–Crippen MR) is 124 cm³/mol. The van der Waals surface area contributed by atoms with Crippen molar-refractivity contribution < 1.29 is 4.79 Å². The van der Waals surface area contributed by atoms with E-state index in [2.05, 4.69) is 5.32 Å². The van der Waals surface area contributed by atoms with Gasteiger partial charge < -0.3 is 5.32 Å². The lowest BCUT2D eigenvalue weighted by Crippen LogP contribution is -2.14. The number of amides is 1. The van der Waals surface area contributed by atoms with Crippen LogP contribution in [0.4, 0.5) is 5.69 Å². The Morgan fingerprint density at radius 3 is 2.40 bits per heavy atom. The Morgan fingerprint density at radius 1 is 1.00 bits per heavy atom. The summed E-state index contributed by atoms with van der Waals surface area (Å²) in [4.78, 5) is 12.6. The maximum absolute atomic E-state index is 12.6. The number of nitrogens with one attached hydrogen (secondary N) is 1. The molecule has 0 heterocycles. The first-order chi connectivity index (χ1) is 14.4. The monoisotopic (exact) mass is 434 g/mol. The molecular formula is C25H20Cl2N2O. The first kappa shape index (κ1) is 21.6. The van der Waals surface area contributed by atoms with Crippen LogP contribution in [-0.2, 0) is 11.2 Å². The molecule has 3 rings (SSSR count). The zero-order valence-corrected chi connectivity index (χ0v) is 18.2. The molecule has 0 aliphatic heterocycles. The van der Waals surface area contributed by atoms with Crippen LogP contribution in [0.3, 0.4) is 0 Å². The number of rotatable bonds is 5. The molecule has 0 aromatic heterocycles. The van der Waals surface area contributed by atoms with Gasteiger partial charge in [0.25, 0.3) is 5.91 Å². The molecule has 1 N–H and O–H groups in total. The number of halogens is 2. The van der Waals surface area contributed by atoms with E-state index in [1.807, 2.05) is 74.5 Å². The number of hydrogen-bond acceptors (Lipinski definition) is 2. The maximum Gasteiger partial charge on any atom is 0.266 e. The van der Waals surface area contributed by atoms with Gasteiger partial charge in [0, 0.05) is 22.2 Å². The molecule has 1 amide bonds. The van der Waals surface area contributed by atoms with Crippen molar-refractivity contribution in [1.82, 2.24) is 0 Å². The lowest BCUT2D eigenvalue weighted by atomic mass is 10.0. The Labute approximate surface area is 186 Å². The van der Waals surface area contributed by atoms with Crippen molar-refractivity contribution >= 4 is 40.9 Å². The Balaban J connectivity index is 1.80. The van der Waals surface area contributed by atoms with Gasteiger partial charge in [-0.1, -0.05) is 71.2 Å². The average Bonchev–Trinajstić information content (AvgIpc) is 2.71. The summed E-state index contributed by atoms with van der Waals surface area (Å²) in [5.41, 5.74) is 5.30. The van der Waals surface area contributed by atoms with Crippen molar-refractivity contribution in [2.24, 2.45) is 0 Å². The van der Waals surface area contributed by atoms with E-state index in [-0.39, 0.29) is 5.57 Å². The molecule has 0 aliphatic carbocycles. The molecular weight excluding hydrogens is 415 g/mol. The Hall–Kier alpha value is -3.06. The van der Waals surface area contributed by atoms with Crippen LogP contribution in [0.5, 0.6) is 0 Å². The van der Waals surface area contributed by atoms with Gasteiger partial charge in [0.1, 0.15) is 11.6 Å². The van der Waals surface area contributed by atoms with Crippen LogP contribution < -0.4 is 5.32 Å². The first-order valence-corrected chi connectivity index (χ1v) is 10.1. The molecule has 0 saturated carbocycles. The molecule has 150 valence electrons. The van der Waals surface area contributed by atoms with Crippen LogP contribution in [0, 0.1) is 25.2 Å². The number of hydrogen-bond donors (Lipinski definition) is 1. The van der Waals surface area contributed by atoms with Crippen molar-refractivity contribution in [2.75, 3.05) is 5.32 Å². The van der Waals surface area contributed by atoms with Gasteiger partial charge in [-0.3, -0.25) is 4.79 Å². The summed E-state index contributed by atoms with van der Waals surface area (Å²) < 4.78 is 0. The minimum Gasteiger partial charge on any atom is -0.321 e. The number of benzene rings is 3. The largest absolute Gasteiger partial charge is 0.321 e. The van der Waals surface area contributed by atoms with E-state index in [1.54, 1.807) is 6.07 Å². The maximum atomic E-state index is 12.6. The number of carbonyl (C=O) groups excluding carboxylic acids is 1. The summed E-state index contributed by atoms with van der Waals surface area (Å²) >= 11 is 12.7. The molecule has 5 heteroatoms. The highest BCUT2D eigenvalue weighted by atomic mass is 35.5. The lowest BCUT2D eigenvalue weighted by molar-refractivity contribution is -0.112. The van der Waals surface area contributed by atoms with E-state index in [0.717, 1.165) is 22.3 Å². The van der Waals surface area contributed by atoms with Gasteiger partial charge in [-0.15, -0.1) is 0 Å². The molecule has 0 aliphatic rings. The van der Waals surface area contributed by atoms with Gasteiger partial charge in [0.15, 0.2) is 0 Å². The summed E-state index contributed by atoms with van der Waals surface area (Å²) in [6, 6.07) is 20.8. The Kier molecular flexibility index (Phi) is 6.95. The van der Waals surface area contributed by atoms with E-state index in [9.17, 15) is 10.1 Å². The van der Waals surface area contributed by atoms with Crippen molar-refractivity contribution in [3.63, 3.8) is 0 Å². The van der Waals surface area contributed by atoms with Gasteiger partial charge >= 0.3 is 0 Å². The third kappa shape index (κ3) is 5.30. The molecule has 0 unspecified atom stereocenters. The van der Waals surface area contributed by atoms with Crippen LogP contribution in [-0.4, -0.2) is 5.91 Å². The molecule has 0 saturated heterocycles. The molecule has 0 spiro atoms. The minimum atomic E-state index is -0.458. The van der Waals surface area contributed by atoms with E-state index in [1.165, 1.54) is 6.08 Å². The van der Waals surface area contributed by atoms with Gasteiger partial charge in [-0.25, -0.2) is 0 Å². The van der Waals surface area contributed by atoms with Crippen LogP contribution in [0.1, 0.15) is 27.8 Å². The van der Waals surface area contributed by atoms with Crippen molar-refractivity contribution in [3.05, 3.63) is 104 Å². The average molecular weight is 435 g/mol. The minimum absolute atomic E-state index is 0.00453. The van der Waals surface area contributed by atoms with E-state index >= 15 is 0 Å². The van der Waals surface area contributed by atoms with Crippen LogP contribution >= 0.6 is 23.2 Å². The smallest absolute Gasteiger partial charge is 0.266 e. The van der Waals surface area contributed by atoms with Crippen LogP contribution in [0.25, 0.3) is 6.08 Å². The number of carbonyl (C=O) groups is 1. The number of anilines is 1. The fraction of sp³-hybridized carbons (Fsp3) is 0.120. The highest BCUT2D eigenvalue weighted by Crippen LogP contribution is 2.25. The second-order valence-corrected chi connectivity index (χ2v) is 7.88. The van der Waals surface area contributed by atoms with Gasteiger partial charge in [-0.2, -0.15) is 5.26 Å². The molecule has 0 atom stereocenters. The SMILES string of the molecule is Cc1ccc(NC(=O)/C(C#N)=C/c2ccc(Cc3ccccc3Cl)c(Cl)c2)c(C)c1. The summed E-state index contributed by atoms with van der Waals surface area (Å²) in [7, 11) is 0. The first-order valence-electron chi connectivity index (χ1n) is 9.39. The highest BCUT2D eigenvalue weighted by molar-refractivity contribution is 6.32. The van der Waals surface area contributed by atoms with Gasteiger partial charge in [0.2, 0.25) is 0 Å². The summed E-state index contributed by atoms with van der Waals surface area (Å²) in [5, 5.41) is 13.5. The summed E-state index contributed by atoms with van der Waals surface area (Å²) in [6.07, 6.45) is 2.13. The van der Waals surface area contributed by atoms with Gasteiger partial charge in [-0.05, 0) is 60.4 Å². The third-order valence-corrected chi connectivity index (χ3v) is 5.44. The molecule has 0 radical (unpaired) electrons. The van der Waals surface area contributed by atoms with Crippen molar-refractivity contribution in [2.45, 2.75) is 20.3 Å². The normalized spacial score (nSPS) is 11.1. The molecule has 3 aromatic carbocycles. The quantitative estimate of drug-likeness (QED) is 0.356. The number of nitrogens with zero attached hydrogens (tertiary/aromatic N) is 1. The van der Waals surface area contributed by atoms with E-state index < -0.39 is 5.91 Å². The highest BCUT2D eigenvalue weighted by Gasteiger charge is 2.12. The third-order valence-electron chi connectivity index (χ3n) is 4.72. The van der Waals surface area contributed by atoms with Crippen LogP contribution in [0.2, 0.25) is 10.0 Å². The predicted octanol–water partition coefficient (Wildman–Crippen LogP) is 6.75. The summed E-state index contributed by atoms with van der Waals surface area (Å²) in [6.45, 7) is 3.90. The van der Waals surface area contributed by atoms with Crippen molar-refractivity contribution in [3.8, 4) is 6.07 Å². The fourth-order valence-corrected chi connectivity index (χ4v) is 3.56. The molecule has 30 heavy (non-hydrogen) atoms. The molecule has 0 fully saturated rings.